The van der Waals surface area contributed by atoms with Crippen LogP contribution in [0.15, 0.2) is 54.9 Å². The molecule has 1 unspecified atom stereocenters. The molecule has 0 spiro atoms. The zero-order chi connectivity index (χ0) is 15.6. The van der Waals surface area contributed by atoms with E-state index >= 15 is 0 Å². The predicted octanol–water partition coefficient (Wildman–Crippen LogP) is 3.28. The zero-order valence-corrected chi connectivity index (χ0v) is 13.0. The standard InChI is InChI=1S/C19H23NO2/c1-2-22-15-19(21)12-11-17-7-5-16(6-8-17)9-10-18-4-3-13-20-14-18/h3-8,11-14,19,21H,2,9-10,15H2,1H3. The second-order valence-electron chi connectivity index (χ2n) is 5.19. The molecule has 2 aromatic rings. The quantitative estimate of drug-likeness (QED) is 0.813. The molecule has 0 saturated carbocycles. The molecule has 0 fully saturated rings. The van der Waals surface area contributed by atoms with Crippen molar-refractivity contribution in [2.45, 2.75) is 25.9 Å². The Morgan fingerprint density at radius 1 is 1.14 bits per heavy atom. The van der Waals surface area contributed by atoms with Gasteiger partial charge in [-0.2, -0.15) is 0 Å². The lowest BCUT2D eigenvalue weighted by molar-refractivity contribution is 0.0672. The van der Waals surface area contributed by atoms with Gasteiger partial charge in [0.25, 0.3) is 0 Å². The van der Waals surface area contributed by atoms with Gasteiger partial charge in [-0.15, -0.1) is 0 Å². The summed E-state index contributed by atoms with van der Waals surface area (Å²) in [6.07, 6.45) is 8.85. The van der Waals surface area contributed by atoms with Crippen LogP contribution in [0.1, 0.15) is 23.6 Å². The molecule has 116 valence electrons. The highest BCUT2D eigenvalue weighted by atomic mass is 16.5. The molecule has 1 N–H and O–H groups in total. The van der Waals surface area contributed by atoms with Crippen LogP contribution in [0.2, 0.25) is 0 Å². The fourth-order valence-corrected chi connectivity index (χ4v) is 2.15. The van der Waals surface area contributed by atoms with Gasteiger partial charge in [0.2, 0.25) is 0 Å². The maximum Gasteiger partial charge on any atom is 0.0957 e. The minimum absolute atomic E-state index is 0.343. The van der Waals surface area contributed by atoms with Gasteiger partial charge in [-0.1, -0.05) is 42.5 Å². The first-order chi connectivity index (χ1) is 10.8. The van der Waals surface area contributed by atoms with E-state index < -0.39 is 6.10 Å². The number of aromatic nitrogens is 1. The highest BCUT2D eigenvalue weighted by molar-refractivity contribution is 5.50. The molecule has 0 radical (unpaired) electrons. The molecule has 1 aromatic heterocycles. The van der Waals surface area contributed by atoms with Crippen LogP contribution < -0.4 is 0 Å². The van der Waals surface area contributed by atoms with Crippen LogP contribution in [0.25, 0.3) is 6.08 Å². The van der Waals surface area contributed by atoms with Crippen molar-refractivity contribution in [1.82, 2.24) is 4.98 Å². The Kier molecular flexibility index (Phi) is 6.81. The van der Waals surface area contributed by atoms with Gasteiger partial charge in [0.05, 0.1) is 12.7 Å². The number of pyridine rings is 1. The van der Waals surface area contributed by atoms with E-state index in [2.05, 4.69) is 35.3 Å². The molecule has 0 aliphatic heterocycles. The molecular formula is C19H23NO2. The summed E-state index contributed by atoms with van der Waals surface area (Å²) in [4.78, 5) is 4.13. The highest BCUT2D eigenvalue weighted by Crippen LogP contribution is 2.10. The maximum absolute atomic E-state index is 9.69. The third-order valence-electron chi connectivity index (χ3n) is 3.41. The number of aryl methyl sites for hydroxylation is 2. The molecule has 0 bridgehead atoms. The summed E-state index contributed by atoms with van der Waals surface area (Å²) in [5.74, 6) is 0. The Bertz CT molecular complexity index is 564. The Balaban J connectivity index is 1.83. The molecular weight excluding hydrogens is 274 g/mol. The second kappa shape index (κ2) is 9.13. The van der Waals surface area contributed by atoms with Crippen molar-refractivity contribution in [2.24, 2.45) is 0 Å². The first kappa shape index (κ1) is 16.4. The normalized spacial score (nSPS) is 12.6. The van der Waals surface area contributed by atoms with Crippen LogP contribution in [-0.2, 0) is 17.6 Å². The summed E-state index contributed by atoms with van der Waals surface area (Å²) in [7, 11) is 0. The lowest BCUT2D eigenvalue weighted by atomic mass is 10.0. The fourth-order valence-electron chi connectivity index (χ4n) is 2.15. The fraction of sp³-hybridized carbons (Fsp3) is 0.316. The summed E-state index contributed by atoms with van der Waals surface area (Å²) < 4.78 is 5.17. The van der Waals surface area contributed by atoms with Crippen LogP contribution >= 0.6 is 0 Å². The van der Waals surface area contributed by atoms with Gasteiger partial charge in [0.1, 0.15) is 0 Å². The molecule has 1 aromatic carbocycles. The monoisotopic (exact) mass is 297 g/mol. The summed E-state index contributed by atoms with van der Waals surface area (Å²) in [5.41, 5.74) is 3.64. The van der Waals surface area contributed by atoms with Crippen LogP contribution in [0.5, 0.6) is 0 Å². The Morgan fingerprint density at radius 3 is 2.59 bits per heavy atom. The van der Waals surface area contributed by atoms with Crippen LogP contribution in [-0.4, -0.2) is 29.4 Å². The van der Waals surface area contributed by atoms with Crippen LogP contribution in [0.4, 0.5) is 0 Å². The van der Waals surface area contributed by atoms with E-state index in [1.54, 1.807) is 12.3 Å². The minimum atomic E-state index is -0.551. The van der Waals surface area contributed by atoms with E-state index in [4.69, 9.17) is 4.74 Å². The Labute approximate surface area is 132 Å². The number of ether oxygens (including phenoxy) is 1. The molecule has 0 aliphatic rings. The molecule has 3 nitrogen and oxygen atoms in total. The third kappa shape index (κ3) is 5.80. The number of hydrogen-bond donors (Lipinski definition) is 1. The number of aliphatic hydroxyl groups excluding tert-OH is 1. The van der Waals surface area contributed by atoms with Crippen molar-refractivity contribution in [3.8, 4) is 0 Å². The van der Waals surface area contributed by atoms with E-state index in [9.17, 15) is 5.11 Å². The van der Waals surface area contributed by atoms with Crippen molar-refractivity contribution >= 4 is 6.08 Å². The molecule has 1 heterocycles. The highest BCUT2D eigenvalue weighted by Gasteiger charge is 1.99. The maximum atomic E-state index is 9.69. The topological polar surface area (TPSA) is 42.4 Å². The lowest BCUT2D eigenvalue weighted by Gasteiger charge is -2.05. The van der Waals surface area contributed by atoms with Crippen LogP contribution in [0.3, 0.4) is 0 Å². The SMILES string of the molecule is CCOCC(O)C=Cc1ccc(CCc2cccnc2)cc1. The van der Waals surface area contributed by atoms with Crippen LogP contribution in [0, 0.1) is 0 Å². The Morgan fingerprint density at radius 2 is 1.91 bits per heavy atom. The summed E-state index contributed by atoms with van der Waals surface area (Å²) in [6, 6.07) is 12.5. The number of nitrogens with zero attached hydrogens (tertiary/aromatic N) is 1. The summed E-state index contributed by atoms with van der Waals surface area (Å²) >= 11 is 0. The lowest BCUT2D eigenvalue weighted by Crippen LogP contribution is -2.11. The van der Waals surface area contributed by atoms with Gasteiger partial charge in [0.15, 0.2) is 0 Å². The van der Waals surface area contributed by atoms with Crippen molar-refractivity contribution in [3.05, 3.63) is 71.6 Å². The van der Waals surface area contributed by atoms with E-state index in [1.807, 2.05) is 25.3 Å². The zero-order valence-electron chi connectivity index (χ0n) is 13.0. The number of benzene rings is 1. The average Bonchev–Trinajstić information content (AvgIpc) is 2.58. The average molecular weight is 297 g/mol. The summed E-state index contributed by atoms with van der Waals surface area (Å²) in [5, 5.41) is 9.69. The van der Waals surface area contributed by atoms with Crippen molar-refractivity contribution in [2.75, 3.05) is 13.2 Å². The third-order valence-corrected chi connectivity index (χ3v) is 3.41. The molecule has 22 heavy (non-hydrogen) atoms. The van der Waals surface area contributed by atoms with E-state index in [0.717, 1.165) is 18.4 Å². The first-order valence-electron chi connectivity index (χ1n) is 7.70. The number of hydrogen-bond acceptors (Lipinski definition) is 3. The predicted molar refractivity (Wildman–Crippen MR) is 89.6 cm³/mol. The molecule has 0 amide bonds. The number of rotatable bonds is 8. The second-order valence-corrected chi connectivity index (χ2v) is 5.19. The van der Waals surface area contributed by atoms with E-state index in [1.165, 1.54) is 11.1 Å². The smallest absolute Gasteiger partial charge is 0.0957 e. The minimum Gasteiger partial charge on any atom is -0.387 e. The van der Waals surface area contributed by atoms with Gasteiger partial charge in [-0.3, -0.25) is 4.98 Å². The van der Waals surface area contributed by atoms with Gasteiger partial charge in [-0.05, 0) is 42.5 Å². The molecule has 0 saturated heterocycles. The van der Waals surface area contributed by atoms with Gasteiger partial charge < -0.3 is 9.84 Å². The van der Waals surface area contributed by atoms with Crippen molar-refractivity contribution < 1.29 is 9.84 Å². The molecule has 2 rings (SSSR count). The van der Waals surface area contributed by atoms with Gasteiger partial charge in [-0.25, -0.2) is 0 Å². The van der Waals surface area contributed by atoms with Gasteiger partial charge >= 0.3 is 0 Å². The van der Waals surface area contributed by atoms with E-state index in [0.29, 0.717) is 13.2 Å². The first-order valence-corrected chi connectivity index (χ1v) is 7.70. The molecule has 0 aliphatic carbocycles. The number of aliphatic hydroxyl groups is 1. The van der Waals surface area contributed by atoms with Crippen molar-refractivity contribution in [3.63, 3.8) is 0 Å². The van der Waals surface area contributed by atoms with E-state index in [-0.39, 0.29) is 0 Å². The van der Waals surface area contributed by atoms with Gasteiger partial charge in [0, 0.05) is 19.0 Å². The Hall–Kier alpha value is -1.97. The molecule has 3 heteroatoms. The van der Waals surface area contributed by atoms with Crippen molar-refractivity contribution in [1.29, 1.82) is 0 Å². The molecule has 1 atom stereocenters. The summed E-state index contributed by atoms with van der Waals surface area (Å²) in [6.45, 7) is 2.88. The largest absolute Gasteiger partial charge is 0.387 e.